The summed E-state index contributed by atoms with van der Waals surface area (Å²) < 4.78 is 0. The average molecular weight is 198 g/mol. The van der Waals surface area contributed by atoms with Crippen LogP contribution in [-0.2, 0) is 9.59 Å². The second kappa shape index (κ2) is 4.98. The molecule has 2 amide bonds. The predicted molar refractivity (Wildman–Crippen MR) is 53.7 cm³/mol. The largest absolute Gasteiger partial charge is 0.352 e. The number of rotatable bonds is 3. The van der Waals surface area contributed by atoms with Crippen molar-refractivity contribution in [3.63, 3.8) is 0 Å². The van der Waals surface area contributed by atoms with E-state index in [0.717, 1.165) is 12.8 Å². The molecule has 1 N–H and O–H groups in total. The van der Waals surface area contributed by atoms with E-state index < -0.39 is 0 Å². The molecule has 1 atom stereocenters. The van der Waals surface area contributed by atoms with Crippen molar-refractivity contribution in [3.8, 4) is 0 Å². The topological polar surface area (TPSA) is 49.4 Å². The number of amides is 2. The van der Waals surface area contributed by atoms with Crippen LogP contribution in [0.2, 0.25) is 0 Å². The van der Waals surface area contributed by atoms with Gasteiger partial charge in [-0.25, -0.2) is 0 Å². The third kappa shape index (κ3) is 3.01. The molecular weight excluding hydrogens is 180 g/mol. The van der Waals surface area contributed by atoms with Crippen LogP contribution in [0.15, 0.2) is 0 Å². The minimum atomic E-state index is 0.0975. The molecule has 0 bridgehead atoms. The number of nitrogens with zero attached hydrogens (tertiary/aromatic N) is 1. The van der Waals surface area contributed by atoms with Crippen LogP contribution < -0.4 is 5.32 Å². The highest BCUT2D eigenvalue weighted by molar-refractivity contribution is 5.78. The Bertz CT molecular complexity index is 228. The van der Waals surface area contributed by atoms with E-state index in [4.69, 9.17) is 0 Å². The summed E-state index contributed by atoms with van der Waals surface area (Å²) in [7, 11) is 1.78. The van der Waals surface area contributed by atoms with Gasteiger partial charge < -0.3 is 10.2 Å². The fraction of sp³-hybridized carbons (Fsp3) is 0.800. The first-order chi connectivity index (χ1) is 6.63. The molecule has 0 saturated carbocycles. The van der Waals surface area contributed by atoms with Crippen molar-refractivity contribution in [2.75, 3.05) is 13.6 Å². The smallest absolute Gasteiger partial charge is 0.222 e. The molecule has 1 rings (SSSR count). The number of carbonyl (C=O) groups excluding carboxylic acids is 2. The Morgan fingerprint density at radius 2 is 2.36 bits per heavy atom. The molecule has 80 valence electrons. The van der Waals surface area contributed by atoms with Crippen LogP contribution in [0.5, 0.6) is 0 Å². The van der Waals surface area contributed by atoms with Gasteiger partial charge in [0.25, 0.3) is 0 Å². The lowest BCUT2D eigenvalue weighted by Crippen LogP contribution is -2.48. The fourth-order valence-electron chi connectivity index (χ4n) is 1.66. The Morgan fingerprint density at radius 1 is 1.64 bits per heavy atom. The van der Waals surface area contributed by atoms with E-state index in [-0.39, 0.29) is 17.9 Å². The highest BCUT2D eigenvalue weighted by atomic mass is 16.2. The lowest BCUT2D eigenvalue weighted by atomic mass is 10.1. The predicted octanol–water partition coefficient (Wildman–Crippen LogP) is 0.523. The van der Waals surface area contributed by atoms with Gasteiger partial charge in [0.2, 0.25) is 11.8 Å². The number of hydrogen-bond acceptors (Lipinski definition) is 2. The summed E-state index contributed by atoms with van der Waals surface area (Å²) in [4.78, 5) is 24.1. The molecule has 0 aromatic carbocycles. The van der Waals surface area contributed by atoms with Crippen LogP contribution in [-0.4, -0.2) is 36.3 Å². The molecule has 4 nitrogen and oxygen atoms in total. The molecule has 14 heavy (non-hydrogen) atoms. The summed E-state index contributed by atoms with van der Waals surface area (Å²) >= 11 is 0. The zero-order valence-electron chi connectivity index (χ0n) is 8.88. The van der Waals surface area contributed by atoms with Crippen molar-refractivity contribution >= 4 is 11.8 Å². The molecule has 1 fully saturated rings. The average Bonchev–Trinajstić information content (AvgIpc) is 2.12. The number of carbonyl (C=O) groups is 2. The molecule has 0 aromatic rings. The highest BCUT2D eigenvalue weighted by Gasteiger charge is 2.23. The summed E-state index contributed by atoms with van der Waals surface area (Å²) in [5.74, 6) is 0.270. The molecule has 1 heterocycles. The zero-order chi connectivity index (χ0) is 10.6. The lowest BCUT2D eigenvalue weighted by molar-refractivity contribution is -0.134. The minimum Gasteiger partial charge on any atom is -0.352 e. The maximum Gasteiger partial charge on any atom is 0.222 e. The van der Waals surface area contributed by atoms with E-state index in [1.165, 1.54) is 0 Å². The van der Waals surface area contributed by atoms with Gasteiger partial charge in [-0.15, -0.1) is 0 Å². The molecule has 0 radical (unpaired) electrons. The lowest BCUT2D eigenvalue weighted by Gasteiger charge is -2.30. The van der Waals surface area contributed by atoms with Gasteiger partial charge in [-0.2, -0.15) is 0 Å². The summed E-state index contributed by atoms with van der Waals surface area (Å²) in [6, 6.07) is 0.150. The van der Waals surface area contributed by atoms with E-state index in [2.05, 4.69) is 5.32 Å². The van der Waals surface area contributed by atoms with Crippen molar-refractivity contribution < 1.29 is 9.59 Å². The van der Waals surface area contributed by atoms with Crippen molar-refractivity contribution in [2.45, 2.75) is 38.6 Å². The number of likely N-dealkylation sites (tertiary alicyclic amines) is 1. The van der Waals surface area contributed by atoms with Crippen LogP contribution in [0.4, 0.5) is 0 Å². The molecular formula is C10H18N2O2. The van der Waals surface area contributed by atoms with Crippen LogP contribution in [0, 0.1) is 0 Å². The fourth-order valence-corrected chi connectivity index (χ4v) is 1.66. The van der Waals surface area contributed by atoms with Crippen LogP contribution in [0.3, 0.4) is 0 Å². The SMILES string of the molecule is CCCC(=O)NC1CCC(=O)N(C)C1. The van der Waals surface area contributed by atoms with Crippen LogP contribution >= 0.6 is 0 Å². The summed E-state index contributed by atoms with van der Waals surface area (Å²) in [5.41, 5.74) is 0. The Morgan fingerprint density at radius 3 is 2.93 bits per heavy atom. The van der Waals surface area contributed by atoms with E-state index in [1.807, 2.05) is 6.92 Å². The first kappa shape index (κ1) is 11.0. The van der Waals surface area contributed by atoms with E-state index in [9.17, 15) is 9.59 Å². The summed E-state index contributed by atoms with van der Waals surface area (Å²) in [5, 5.41) is 2.94. The number of nitrogens with one attached hydrogen (secondary N) is 1. The van der Waals surface area contributed by atoms with E-state index >= 15 is 0 Å². The molecule has 1 aliphatic rings. The monoisotopic (exact) mass is 198 g/mol. The standard InChI is InChI=1S/C10H18N2O2/c1-3-4-9(13)11-8-5-6-10(14)12(2)7-8/h8H,3-7H2,1-2H3,(H,11,13). The number of hydrogen-bond donors (Lipinski definition) is 1. The molecule has 0 aromatic heterocycles. The summed E-state index contributed by atoms with van der Waals surface area (Å²) in [6.07, 6.45) is 2.77. The third-order valence-corrected chi connectivity index (χ3v) is 2.47. The molecule has 0 aliphatic carbocycles. The van der Waals surface area contributed by atoms with Gasteiger partial charge >= 0.3 is 0 Å². The second-order valence-corrected chi connectivity index (χ2v) is 3.83. The summed E-state index contributed by atoms with van der Waals surface area (Å²) in [6.45, 7) is 2.63. The third-order valence-electron chi connectivity index (χ3n) is 2.47. The number of piperidine rings is 1. The quantitative estimate of drug-likeness (QED) is 0.719. The first-order valence-corrected chi connectivity index (χ1v) is 5.16. The zero-order valence-corrected chi connectivity index (χ0v) is 8.88. The van der Waals surface area contributed by atoms with E-state index in [1.54, 1.807) is 11.9 Å². The van der Waals surface area contributed by atoms with Crippen molar-refractivity contribution in [2.24, 2.45) is 0 Å². The molecule has 1 aliphatic heterocycles. The molecule has 4 heteroatoms. The normalized spacial score (nSPS) is 22.3. The van der Waals surface area contributed by atoms with Crippen molar-refractivity contribution in [1.29, 1.82) is 0 Å². The molecule has 0 spiro atoms. The Balaban J connectivity index is 2.32. The Labute approximate surface area is 84.7 Å². The van der Waals surface area contributed by atoms with Gasteiger partial charge in [-0.05, 0) is 12.8 Å². The number of likely N-dealkylation sites (N-methyl/N-ethyl adjacent to an activating group) is 1. The van der Waals surface area contributed by atoms with Gasteiger partial charge in [0.15, 0.2) is 0 Å². The molecule has 1 unspecified atom stereocenters. The first-order valence-electron chi connectivity index (χ1n) is 5.16. The maximum atomic E-state index is 11.3. The minimum absolute atomic E-state index is 0.0975. The van der Waals surface area contributed by atoms with Gasteiger partial charge in [0.05, 0.1) is 0 Å². The molecule has 1 saturated heterocycles. The Kier molecular flexibility index (Phi) is 3.92. The maximum absolute atomic E-state index is 11.3. The van der Waals surface area contributed by atoms with E-state index in [0.29, 0.717) is 19.4 Å². The van der Waals surface area contributed by atoms with Crippen molar-refractivity contribution in [3.05, 3.63) is 0 Å². The Hall–Kier alpha value is -1.06. The second-order valence-electron chi connectivity index (χ2n) is 3.83. The van der Waals surface area contributed by atoms with Crippen LogP contribution in [0.1, 0.15) is 32.6 Å². The van der Waals surface area contributed by atoms with Gasteiger partial charge in [0, 0.05) is 32.5 Å². The van der Waals surface area contributed by atoms with Gasteiger partial charge in [0.1, 0.15) is 0 Å². The highest BCUT2D eigenvalue weighted by Crippen LogP contribution is 2.09. The van der Waals surface area contributed by atoms with Crippen LogP contribution in [0.25, 0.3) is 0 Å². The van der Waals surface area contributed by atoms with Gasteiger partial charge in [-0.3, -0.25) is 9.59 Å². The van der Waals surface area contributed by atoms with Gasteiger partial charge in [-0.1, -0.05) is 6.92 Å². The van der Waals surface area contributed by atoms with Crippen molar-refractivity contribution in [1.82, 2.24) is 10.2 Å².